The fourth-order valence-electron chi connectivity index (χ4n) is 4.96. The third kappa shape index (κ3) is 3.05. The zero-order valence-electron chi connectivity index (χ0n) is 13.6. The van der Waals surface area contributed by atoms with E-state index in [1.54, 1.807) is 0 Å². The zero-order chi connectivity index (χ0) is 15.8. The minimum absolute atomic E-state index is 0.292. The highest BCUT2D eigenvalue weighted by Crippen LogP contribution is 2.42. The van der Waals surface area contributed by atoms with E-state index in [-0.39, 0.29) is 6.04 Å². The lowest BCUT2D eigenvalue weighted by Crippen LogP contribution is -2.41. The molecule has 3 fully saturated rings. The van der Waals surface area contributed by atoms with Gasteiger partial charge in [-0.05, 0) is 38.0 Å². The molecule has 0 spiro atoms. The van der Waals surface area contributed by atoms with Gasteiger partial charge in [0, 0.05) is 29.6 Å². The maximum Gasteiger partial charge on any atom is 0.320 e. The molecular formula is C18H26N2O2S. The molecule has 1 aromatic heterocycles. The zero-order valence-corrected chi connectivity index (χ0v) is 14.4. The average Bonchev–Trinajstić information content (AvgIpc) is 3.26. The predicted octanol–water partition coefficient (Wildman–Crippen LogP) is 4.02. The van der Waals surface area contributed by atoms with Gasteiger partial charge in [-0.1, -0.05) is 25.7 Å². The Kier molecular flexibility index (Phi) is 4.41. The molecule has 23 heavy (non-hydrogen) atoms. The van der Waals surface area contributed by atoms with E-state index in [2.05, 4.69) is 9.88 Å². The second kappa shape index (κ2) is 6.52. The van der Waals surface area contributed by atoms with E-state index in [1.807, 2.05) is 17.5 Å². The van der Waals surface area contributed by atoms with E-state index in [9.17, 15) is 9.90 Å². The first-order chi connectivity index (χ1) is 11.2. The minimum Gasteiger partial charge on any atom is -0.480 e. The standard InChI is InChI=1S/C18H26N2O2S/c21-18(22)16-9-13-7-3-4-8-15(13)20(16)11-14-10-19-17(23-14)12-5-1-2-6-12/h10,12-13,15-16H,1-9,11H2,(H,21,22). The fourth-order valence-corrected chi connectivity index (χ4v) is 6.06. The smallest absolute Gasteiger partial charge is 0.320 e. The van der Waals surface area contributed by atoms with Crippen molar-refractivity contribution in [1.29, 1.82) is 0 Å². The molecule has 1 saturated heterocycles. The van der Waals surface area contributed by atoms with Crippen LogP contribution >= 0.6 is 11.3 Å². The van der Waals surface area contributed by atoms with Crippen molar-refractivity contribution in [3.05, 3.63) is 16.1 Å². The SMILES string of the molecule is O=C(O)C1CC2CCCCC2N1Cc1cnc(C2CCCC2)s1. The van der Waals surface area contributed by atoms with Gasteiger partial charge in [-0.3, -0.25) is 9.69 Å². The molecule has 1 N–H and O–H groups in total. The van der Waals surface area contributed by atoms with E-state index in [1.165, 1.54) is 61.3 Å². The number of carboxylic acid groups (broad SMARTS) is 1. The van der Waals surface area contributed by atoms with Crippen molar-refractivity contribution < 1.29 is 9.90 Å². The number of hydrogen-bond acceptors (Lipinski definition) is 4. The van der Waals surface area contributed by atoms with Crippen LogP contribution in [0.25, 0.3) is 0 Å². The Labute approximate surface area is 141 Å². The van der Waals surface area contributed by atoms with E-state index >= 15 is 0 Å². The molecule has 1 aromatic rings. The van der Waals surface area contributed by atoms with E-state index < -0.39 is 5.97 Å². The Morgan fingerprint density at radius 2 is 1.96 bits per heavy atom. The first-order valence-electron chi connectivity index (χ1n) is 9.15. The van der Waals surface area contributed by atoms with Crippen molar-refractivity contribution in [2.75, 3.05) is 0 Å². The second-order valence-electron chi connectivity index (χ2n) is 7.52. The summed E-state index contributed by atoms with van der Waals surface area (Å²) in [6.07, 6.45) is 13.0. The monoisotopic (exact) mass is 334 g/mol. The highest BCUT2D eigenvalue weighted by Gasteiger charge is 2.45. The second-order valence-corrected chi connectivity index (χ2v) is 8.67. The molecule has 3 atom stereocenters. The largest absolute Gasteiger partial charge is 0.480 e. The van der Waals surface area contributed by atoms with Gasteiger partial charge < -0.3 is 5.11 Å². The Hall–Kier alpha value is -0.940. The van der Waals surface area contributed by atoms with Crippen LogP contribution in [-0.4, -0.2) is 33.0 Å². The molecular weight excluding hydrogens is 308 g/mol. The van der Waals surface area contributed by atoms with Crippen molar-refractivity contribution in [2.24, 2.45) is 5.92 Å². The van der Waals surface area contributed by atoms with Crippen molar-refractivity contribution in [1.82, 2.24) is 9.88 Å². The number of likely N-dealkylation sites (tertiary alicyclic amines) is 1. The number of aromatic nitrogens is 1. The number of thiazole rings is 1. The van der Waals surface area contributed by atoms with Crippen LogP contribution in [0.1, 0.15) is 73.6 Å². The molecule has 0 radical (unpaired) electrons. The van der Waals surface area contributed by atoms with Gasteiger partial charge in [0.25, 0.3) is 0 Å². The highest BCUT2D eigenvalue weighted by molar-refractivity contribution is 7.11. The van der Waals surface area contributed by atoms with E-state index in [4.69, 9.17) is 0 Å². The predicted molar refractivity (Wildman–Crippen MR) is 90.7 cm³/mol. The molecule has 126 valence electrons. The van der Waals surface area contributed by atoms with Gasteiger partial charge in [0.2, 0.25) is 0 Å². The van der Waals surface area contributed by atoms with E-state index in [0.717, 1.165) is 13.0 Å². The van der Waals surface area contributed by atoms with Crippen LogP contribution in [0.3, 0.4) is 0 Å². The molecule has 0 bridgehead atoms. The summed E-state index contributed by atoms with van der Waals surface area (Å²) in [6.45, 7) is 0.780. The lowest BCUT2D eigenvalue weighted by atomic mass is 9.85. The fraction of sp³-hybridized carbons (Fsp3) is 0.778. The first kappa shape index (κ1) is 15.6. The summed E-state index contributed by atoms with van der Waals surface area (Å²) in [7, 11) is 0. The van der Waals surface area contributed by atoms with Crippen molar-refractivity contribution in [3.8, 4) is 0 Å². The summed E-state index contributed by atoms with van der Waals surface area (Å²) in [6, 6.07) is 0.182. The van der Waals surface area contributed by atoms with Crippen LogP contribution in [0.15, 0.2) is 6.20 Å². The maximum atomic E-state index is 11.7. The molecule has 4 nitrogen and oxygen atoms in total. The summed E-state index contributed by atoms with van der Waals surface area (Å²) in [4.78, 5) is 19.9. The summed E-state index contributed by atoms with van der Waals surface area (Å²) >= 11 is 1.82. The van der Waals surface area contributed by atoms with Gasteiger partial charge in [0.1, 0.15) is 6.04 Å². The normalized spacial score (nSPS) is 32.3. The van der Waals surface area contributed by atoms with Crippen LogP contribution in [-0.2, 0) is 11.3 Å². The van der Waals surface area contributed by atoms with Crippen LogP contribution in [0.4, 0.5) is 0 Å². The summed E-state index contributed by atoms with van der Waals surface area (Å²) in [5.41, 5.74) is 0. The van der Waals surface area contributed by atoms with Crippen molar-refractivity contribution in [3.63, 3.8) is 0 Å². The topological polar surface area (TPSA) is 53.4 Å². The minimum atomic E-state index is -0.639. The molecule has 2 aliphatic carbocycles. The number of nitrogens with zero attached hydrogens (tertiary/aromatic N) is 2. The molecule has 3 unspecified atom stereocenters. The maximum absolute atomic E-state index is 11.7. The van der Waals surface area contributed by atoms with Gasteiger partial charge in [0.15, 0.2) is 0 Å². The third-order valence-corrected chi connectivity index (χ3v) is 7.27. The van der Waals surface area contributed by atoms with Crippen molar-refractivity contribution in [2.45, 2.75) is 82.3 Å². The highest BCUT2D eigenvalue weighted by atomic mass is 32.1. The molecule has 2 heterocycles. The molecule has 2 saturated carbocycles. The lowest BCUT2D eigenvalue weighted by Gasteiger charge is -2.32. The Morgan fingerprint density at radius 3 is 2.74 bits per heavy atom. The molecule has 0 aromatic carbocycles. The third-order valence-electron chi connectivity index (χ3n) is 6.12. The number of fused-ring (bicyclic) bond motifs is 1. The van der Waals surface area contributed by atoms with Crippen LogP contribution < -0.4 is 0 Å². The van der Waals surface area contributed by atoms with Crippen LogP contribution in [0.2, 0.25) is 0 Å². The van der Waals surface area contributed by atoms with Gasteiger partial charge in [-0.2, -0.15) is 0 Å². The molecule has 4 rings (SSSR count). The Bertz CT molecular complexity index is 567. The van der Waals surface area contributed by atoms with Crippen LogP contribution in [0, 0.1) is 5.92 Å². The number of carboxylic acids is 1. The number of hydrogen-bond donors (Lipinski definition) is 1. The van der Waals surface area contributed by atoms with Gasteiger partial charge in [0.05, 0.1) is 5.01 Å². The number of rotatable bonds is 4. The van der Waals surface area contributed by atoms with Gasteiger partial charge in [-0.25, -0.2) is 4.98 Å². The first-order valence-corrected chi connectivity index (χ1v) is 9.97. The molecule has 5 heteroatoms. The number of aliphatic carboxylic acids is 1. The lowest BCUT2D eigenvalue weighted by molar-refractivity contribution is -0.142. The molecule has 0 amide bonds. The van der Waals surface area contributed by atoms with Crippen LogP contribution in [0.5, 0.6) is 0 Å². The van der Waals surface area contributed by atoms with E-state index in [0.29, 0.717) is 17.9 Å². The number of carbonyl (C=O) groups is 1. The molecule has 1 aliphatic heterocycles. The Morgan fingerprint density at radius 1 is 1.22 bits per heavy atom. The molecule has 3 aliphatic rings. The summed E-state index contributed by atoms with van der Waals surface area (Å²) in [5, 5.41) is 10.9. The Balaban J connectivity index is 1.50. The summed E-state index contributed by atoms with van der Waals surface area (Å²) < 4.78 is 0. The van der Waals surface area contributed by atoms with Crippen molar-refractivity contribution >= 4 is 17.3 Å². The average molecular weight is 334 g/mol. The summed E-state index contributed by atoms with van der Waals surface area (Å²) in [5.74, 6) is 0.608. The van der Waals surface area contributed by atoms with Gasteiger partial charge in [-0.15, -0.1) is 11.3 Å². The quantitative estimate of drug-likeness (QED) is 0.903. The van der Waals surface area contributed by atoms with Gasteiger partial charge >= 0.3 is 5.97 Å².